The number of hydrogen-bond donors (Lipinski definition) is 0. The Kier molecular flexibility index (Phi) is 4.72. The minimum Gasteiger partial charge on any atom is -0.298 e. The number of rotatable bonds is 4. The fourth-order valence-electron chi connectivity index (χ4n) is 3.09. The van der Waals surface area contributed by atoms with Crippen molar-refractivity contribution in [3.63, 3.8) is 0 Å². The molecule has 0 amide bonds. The third-order valence-corrected chi connectivity index (χ3v) is 4.66. The van der Waals surface area contributed by atoms with Crippen molar-refractivity contribution in [1.29, 1.82) is 0 Å². The average Bonchev–Trinajstić information content (AvgIpc) is 2.74. The molecule has 0 fully saturated rings. The Morgan fingerprint density at radius 3 is 1.54 bits per heavy atom. The molecule has 0 saturated heterocycles. The molecule has 0 bridgehead atoms. The lowest BCUT2D eigenvalue weighted by Crippen LogP contribution is -2.34. The maximum absolute atomic E-state index is 4.83. The van der Waals surface area contributed by atoms with Crippen LogP contribution >= 0.6 is 0 Å². The number of nitrogens with zero attached hydrogens (tertiary/aromatic N) is 4. The summed E-state index contributed by atoms with van der Waals surface area (Å²) in [7, 11) is 6.50. The summed E-state index contributed by atoms with van der Waals surface area (Å²) >= 11 is 0. The highest BCUT2D eigenvalue weighted by Gasteiger charge is 2.13. The molecular formula is C24H23N4+. The number of hydrogen-bond acceptors (Lipinski definition) is 3. The number of benzene rings is 1. The lowest BCUT2D eigenvalue weighted by Gasteiger charge is -2.23. The zero-order valence-corrected chi connectivity index (χ0v) is 16.4. The summed E-state index contributed by atoms with van der Waals surface area (Å²) in [6.07, 6.45) is 3.58. The SMILES string of the molecule is C[N+](C)(C)c1ccc(-c2cc(-c3ccccn3)nc(-c3ccccn3)c2)cc1. The summed E-state index contributed by atoms with van der Waals surface area (Å²) in [6.45, 7) is 0. The van der Waals surface area contributed by atoms with Gasteiger partial charge in [0.2, 0.25) is 0 Å². The molecule has 0 saturated carbocycles. The maximum Gasteiger partial charge on any atom is 0.132 e. The van der Waals surface area contributed by atoms with Crippen LogP contribution in [-0.2, 0) is 0 Å². The van der Waals surface area contributed by atoms with Crippen molar-refractivity contribution in [3.05, 3.63) is 85.2 Å². The molecule has 0 aliphatic heterocycles. The van der Waals surface area contributed by atoms with Gasteiger partial charge in [-0.2, -0.15) is 0 Å². The third kappa shape index (κ3) is 3.82. The van der Waals surface area contributed by atoms with Gasteiger partial charge < -0.3 is 0 Å². The van der Waals surface area contributed by atoms with Gasteiger partial charge in [-0.15, -0.1) is 0 Å². The second-order valence-electron chi connectivity index (χ2n) is 7.62. The van der Waals surface area contributed by atoms with Gasteiger partial charge in [-0.1, -0.05) is 12.1 Å². The van der Waals surface area contributed by atoms with Crippen LogP contribution in [0, 0.1) is 0 Å². The first-order valence-corrected chi connectivity index (χ1v) is 9.28. The Morgan fingerprint density at radius 2 is 1.11 bits per heavy atom. The van der Waals surface area contributed by atoms with Crippen molar-refractivity contribution in [3.8, 4) is 33.9 Å². The molecule has 1 aromatic carbocycles. The number of pyridine rings is 3. The van der Waals surface area contributed by atoms with Crippen molar-refractivity contribution < 1.29 is 0 Å². The molecule has 138 valence electrons. The average molecular weight is 367 g/mol. The molecule has 0 radical (unpaired) electrons. The molecule has 28 heavy (non-hydrogen) atoms. The van der Waals surface area contributed by atoms with Crippen LogP contribution in [0.3, 0.4) is 0 Å². The summed E-state index contributed by atoms with van der Waals surface area (Å²) < 4.78 is 0.787. The van der Waals surface area contributed by atoms with Crippen LogP contribution in [0.4, 0.5) is 5.69 Å². The van der Waals surface area contributed by atoms with Gasteiger partial charge in [0.1, 0.15) is 5.69 Å². The molecule has 0 atom stereocenters. The van der Waals surface area contributed by atoms with E-state index in [0.717, 1.165) is 38.4 Å². The van der Waals surface area contributed by atoms with Crippen molar-refractivity contribution in [1.82, 2.24) is 19.4 Å². The highest BCUT2D eigenvalue weighted by atomic mass is 15.3. The molecule has 4 heteroatoms. The van der Waals surface area contributed by atoms with E-state index in [4.69, 9.17) is 4.98 Å². The fourth-order valence-corrected chi connectivity index (χ4v) is 3.09. The Morgan fingerprint density at radius 1 is 0.571 bits per heavy atom. The maximum atomic E-state index is 4.83. The highest BCUT2D eigenvalue weighted by Crippen LogP contribution is 2.30. The Labute approximate surface area is 165 Å². The van der Waals surface area contributed by atoms with Crippen LogP contribution in [0.1, 0.15) is 0 Å². The summed E-state index contributed by atoms with van der Waals surface area (Å²) in [6, 6.07) is 24.6. The summed E-state index contributed by atoms with van der Waals surface area (Å²) in [4.78, 5) is 13.8. The van der Waals surface area contributed by atoms with E-state index >= 15 is 0 Å². The monoisotopic (exact) mass is 367 g/mol. The van der Waals surface area contributed by atoms with E-state index in [-0.39, 0.29) is 0 Å². The van der Waals surface area contributed by atoms with Gasteiger partial charge in [-0.25, -0.2) is 4.98 Å². The molecule has 4 rings (SSSR count). The zero-order chi connectivity index (χ0) is 19.6. The van der Waals surface area contributed by atoms with E-state index < -0.39 is 0 Å². The van der Waals surface area contributed by atoms with Crippen molar-refractivity contribution in [2.24, 2.45) is 0 Å². The molecule has 4 nitrogen and oxygen atoms in total. The van der Waals surface area contributed by atoms with Gasteiger partial charge in [0.15, 0.2) is 0 Å². The standard InChI is InChI=1S/C24H23N4/c1-28(2,3)20-12-10-18(11-13-20)19-16-23(21-8-4-6-14-25-21)27-24(17-19)22-9-5-7-15-26-22/h4-17H,1-3H3/q+1. The zero-order valence-electron chi connectivity index (χ0n) is 16.4. The first-order valence-electron chi connectivity index (χ1n) is 9.28. The Balaban J connectivity index is 1.85. The first kappa shape index (κ1) is 18.0. The van der Waals surface area contributed by atoms with Gasteiger partial charge in [0.25, 0.3) is 0 Å². The van der Waals surface area contributed by atoms with E-state index in [0.29, 0.717) is 0 Å². The Hall–Kier alpha value is -3.37. The minimum absolute atomic E-state index is 0.787. The topological polar surface area (TPSA) is 38.7 Å². The van der Waals surface area contributed by atoms with Gasteiger partial charge in [-0.3, -0.25) is 14.5 Å². The van der Waals surface area contributed by atoms with Crippen LogP contribution < -0.4 is 4.48 Å². The smallest absolute Gasteiger partial charge is 0.132 e. The van der Waals surface area contributed by atoms with Crippen LogP contribution in [0.5, 0.6) is 0 Å². The first-order chi connectivity index (χ1) is 13.5. The second kappa shape index (κ2) is 7.33. The van der Waals surface area contributed by atoms with E-state index in [1.807, 2.05) is 36.4 Å². The quantitative estimate of drug-likeness (QED) is 0.473. The summed E-state index contributed by atoms with van der Waals surface area (Å²) in [5, 5.41) is 0. The van der Waals surface area contributed by atoms with E-state index in [2.05, 4.69) is 67.5 Å². The largest absolute Gasteiger partial charge is 0.298 e. The van der Waals surface area contributed by atoms with Gasteiger partial charge in [-0.05, 0) is 71.8 Å². The third-order valence-electron chi connectivity index (χ3n) is 4.66. The van der Waals surface area contributed by atoms with Crippen molar-refractivity contribution in [2.75, 3.05) is 21.1 Å². The van der Waals surface area contributed by atoms with Crippen molar-refractivity contribution in [2.45, 2.75) is 0 Å². The lowest BCUT2D eigenvalue weighted by molar-refractivity contribution is 0.486. The molecule has 3 heterocycles. The van der Waals surface area contributed by atoms with E-state index in [1.165, 1.54) is 5.69 Å². The molecular weight excluding hydrogens is 344 g/mol. The molecule has 0 spiro atoms. The minimum atomic E-state index is 0.787. The normalized spacial score (nSPS) is 11.4. The van der Waals surface area contributed by atoms with E-state index in [9.17, 15) is 0 Å². The predicted octanol–water partition coefficient (Wildman–Crippen LogP) is 5.07. The van der Waals surface area contributed by atoms with Crippen LogP contribution in [-0.4, -0.2) is 36.1 Å². The fraction of sp³-hybridized carbons (Fsp3) is 0.125. The second-order valence-corrected chi connectivity index (χ2v) is 7.62. The van der Waals surface area contributed by atoms with Gasteiger partial charge >= 0.3 is 0 Å². The van der Waals surface area contributed by atoms with Gasteiger partial charge in [0.05, 0.1) is 43.9 Å². The van der Waals surface area contributed by atoms with Crippen LogP contribution in [0.25, 0.3) is 33.9 Å². The molecule has 0 N–H and O–H groups in total. The van der Waals surface area contributed by atoms with Gasteiger partial charge in [0, 0.05) is 12.4 Å². The number of aromatic nitrogens is 3. The Bertz CT molecular complexity index is 1010. The van der Waals surface area contributed by atoms with Crippen molar-refractivity contribution >= 4 is 5.69 Å². The van der Waals surface area contributed by atoms with Crippen LogP contribution in [0.2, 0.25) is 0 Å². The lowest BCUT2D eigenvalue weighted by atomic mass is 10.0. The molecule has 0 aliphatic rings. The predicted molar refractivity (Wildman–Crippen MR) is 116 cm³/mol. The van der Waals surface area contributed by atoms with Crippen LogP contribution in [0.15, 0.2) is 85.2 Å². The molecule has 0 aliphatic carbocycles. The molecule has 3 aromatic heterocycles. The highest BCUT2D eigenvalue weighted by molar-refractivity contribution is 5.75. The molecule has 4 aromatic rings. The summed E-state index contributed by atoms with van der Waals surface area (Å²) in [5.41, 5.74) is 6.89. The summed E-state index contributed by atoms with van der Waals surface area (Å²) in [5.74, 6) is 0. The molecule has 0 unspecified atom stereocenters. The van der Waals surface area contributed by atoms with E-state index in [1.54, 1.807) is 12.4 Å². The number of quaternary nitrogens is 1.